The van der Waals surface area contributed by atoms with Crippen molar-refractivity contribution in [1.82, 2.24) is 0 Å². The summed E-state index contributed by atoms with van der Waals surface area (Å²) in [5.41, 5.74) is 3.89. The average Bonchev–Trinajstić information content (AvgIpc) is 2.54. The summed E-state index contributed by atoms with van der Waals surface area (Å²) in [4.78, 5) is 0. The van der Waals surface area contributed by atoms with Crippen LogP contribution in [0.5, 0.6) is 5.75 Å². The maximum absolute atomic E-state index is 10.7. The highest BCUT2D eigenvalue weighted by Crippen LogP contribution is 2.61. The quantitative estimate of drug-likeness (QED) is 0.713. The summed E-state index contributed by atoms with van der Waals surface area (Å²) in [7, 11) is 0. The van der Waals surface area contributed by atoms with Gasteiger partial charge in [0.2, 0.25) is 0 Å². The minimum atomic E-state index is 0.233. The standard InChI is InChI=1S/C24H26O/c25-23-9-8-21(20-6-4-2-1-3-5-7-20)13-22(23)24-14-17-10-18(15-24)12-19(11-17)16-24/h1-9,13,17-19,25H,10-12,14-16H2/b2-1-,3-1?,4-2?,5-3-,6-4?,7-5?,20-6?,20-7?. The van der Waals surface area contributed by atoms with Crippen LogP contribution in [0, 0.1) is 17.8 Å². The summed E-state index contributed by atoms with van der Waals surface area (Å²) in [6.07, 6.45) is 22.8. The Morgan fingerprint density at radius 2 is 1.44 bits per heavy atom. The summed E-state index contributed by atoms with van der Waals surface area (Å²) in [6.45, 7) is 0. The van der Waals surface area contributed by atoms with E-state index in [1.807, 2.05) is 12.1 Å². The first kappa shape index (κ1) is 15.3. The fourth-order valence-electron chi connectivity index (χ4n) is 6.34. The van der Waals surface area contributed by atoms with Crippen molar-refractivity contribution in [3.63, 3.8) is 0 Å². The van der Waals surface area contributed by atoms with E-state index in [-0.39, 0.29) is 5.41 Å². The molecule has 0 atom stereocenters. The van der Waals surface area contributed by atoms with Crippen molar-refractivity contribution in [1.29, 1.82) is 0 Å². The first-order valence-corrected chi connectivity index (χ1v) is 9.77. The fourth-order valence-corrected chi connectivity index (χ4v) is 6.34. The van der Waals surface area contributed by atoms with Crippen molar-refractivity contribution < 1.29 is 5.11 Å². The number of hydrogen-bond acceptors (Lipinski definition) is 1. The van der Waals surface area contributed by atoms with E-state index in [0.29, 0.717) is 5.75 Å². The number of hydrogen-bond donors (Lipinski definition) is 1. The zero-order chi connectivity index (χ0) is 16.9. The maximum Gasteiger partial charge on any atom is 0.119 e. The maximum atomic E-state index is 10.7. The predicted molar refractivity (Wildman–Crippen MR) is 103 cm³/mol. The first-order chi connectivity index (χ1) is 12.2. The zero-order valence-electron chi connectivity index (χ0n) is 14.7. The minimum absolute atomic E-state index is 0.233. The second kappa shape index (κ2) is 5.76. The van der Waals surface area contributed by atoms with Gasteiger partial charge in [0.1, 0.15) is 5.75 Å². The predicted octanol–water partition coefficient (Wildman–Crippen LogP) is 5.93. The van der Waals surface area contributed by atoms with Crippen molar-refractivity contribution in [2.45, 2.75) is 43.9 Å². The van der Waals surface area contributed by atoms with Crippen LogP contribution in [0.4, 0.5) is 0 Å². The number of phenolic OH excluding ortho intramolecular Hbond substituents is 1. The molecule has 0 radical (unpaired) electrons. The van der Waals surface area contributed by atoms with Gasteiger partial charge in [-0.3, -0.25) is 0 Å². The van der Waals surface area contributed by atoms with Crippen LogP contribution in [-0.2, 0) is 5.41 Å². The molecule has 1 N–H and O–H groups in total. The Morgan fingerprint density at radius 3 is 2.16 bits per heavy atom. The zero-order valence-corrected chi connectivity index (χ0v) is 14.7. The average molecular weight is 330 g/mol. The van der Waals surface area contributed by atoms with Gasteiger partial charge in [-0.2, -0.15) is 0 Å². The van der Waals surface area contributed by atoms with Crippen LogP contribution in [0.1, 0.15) is 49.7 Å². The number of phenols is 1. The van der Waals surface area contributed by atoms with Crippen LogP contribution in [0.15, 0.2) is 60.7 Å². The van der Waals surface area contributed by atoms with Gasteiger partial charge in [0, 0.05) is 5.56 Å². The van der Waals surface area contributed by atoms with E-state index in [1.165, 1.54) is 55.2 Å². The topological polar surface area (TPSA) is 20.2 Å². The van der Waals surface area contributed by atoms with E-state index in [9.17, 15) is 5.11 Å². The van der Waals surface area contributed by atoms with Gasteiger partial charge in [0.05, 0.1) is 0 Å². The van der Waals surface area contributed by atoms with Crippen LogP contribution in [0.2, 0.25) is 0 Å². The number of allylic oxidation sites excluding steroid dienone is 8. The molecule has 6 rings (SSSR count). The molecular formula is C24H26O. The van der Waals surface area contributed by atoms with Crippen molar-refractivity contribution in [2.24, 2.45) is 17.8 Å². The lowest BCUT2D eigenvalue weighted by molar-refractivity contribution is -0.00614. The van der Waals surface area contributed by atoms with Gasteiger partial charge in [0.15, 0.2) is 0 Å². The van der Waals surface area contributed by atoms with E-state index in [1.54, 1.807) is 0 Å². The molecule has 5 aliphatic rings. The SMILES string of the molecule is Oc1ccc(C2=C/C=C\C=C/C=C2)cc1C12CC3CC(CC(C3)C1)C2. The van der Waals surface area contributed by atoms with E-state index >= 15 is 0 Å². The molecule has 1 aromatic rings. The molecule has 0 spiro atoms. The Morgan fingerprint density at radius 1 is 0.800 bits per heavy atom. The largest absolute Gasteiger partial charge is 0.508 e. The summed E-state index contributed by atoms with van der Waals surface area (Å²) >= 11 is 0. The molecule has 0 heterocycles. The first-order valence-electron chi connectivity index (χ1n) is 9.77. The monoisotopic (exact) mass is 330 g/mol. The van der Waals surface area contributed by atoms with E-state index < -0.39 is 0 Å². The van der Waals surface area contributed by atoms with Gasteiger partial charge < -0.3 is 5.11 Å². The Kier molecular flexibility index (Phi) is 3.51. The molecule has 1 aromatic carbocycles. The van der Waals surface area contributed by atoms with Gasteiger partial charge in [-0.15, -0.1) is 0 Å². The highest BCUT2D eigenvalue weighted by molar-refractivity contribution is 5.77. The molecule has 5 aliphatic carbocycles. The van der Waals surface area contributed by atoms with E-state index in [4.69, 9.17) is 0 Å². The lowest BCUT2D eigenvalue weighted by Gasteiger charge is -2.57. The Balaban J connectivity index is 1.56. The molecule has 0 aliphatic heterocycles. The molecule has 1 nitrogen and oxygen atoms in total. The normalized spacial score (nSPS) is 38.1. The van der Waals surface area contributed by atoms with Crippen molar-refractivity contribution in [3.05, 3.63) is 71.9 Å². The third-order valence-electron chi connectivity index (χ3n) is 6.94. The van der Waals surface area contributed by atoms with Gasteiger partial charge >= 0.3 is 0 Å². The van der Waals surface area contributed by atoms with Crippen LogP contribution >= 0.6 is 0 Å². The summed E-state index contributed by atoms with van der Waals surface area (Å²) in [5.74, 6) is 3.19. The molecule has 0 amide bonds. The molecule has 128 valence electrons. The lowest BCUT2D eigenvalue weighted by atomic mass is 9.48. The van der Waals surface area contributed by atoms with Gasteiger partial charge in [-0.25, -0.2) is 0 Å². The highest BCUT2D eigenvalue weighted by atomic mass is 16.3. The highest BCUT2D eigenvalue weighted by Gasteiger charge is 2.52. The number of aromatic hydroxyl groups is 1. The van der Waals surface area contributed by atoms with Crippen molar-refractivity contribution in [3.8, 4) is 5.75 Å². The molecule has 4 fully saturated rings. The van der Waals surface area contributed by atoms with Crippen LogP contribution in [-0.4, -0.2) is 5.11 Å². The van der Waals surface area contributed by atoms with Crippen molar-refractivity contribution >= 4 is 5.57 Å². The summed E-state index contributed by atoms with van der Waals surface area (Å²) < 4.78 is 0. The number of benzene rings is 1. The second-order valence-electron chi connectivity index (χ2n) is 8.68. The molecule has 1 heteroatoms. The van der Waals surface area contributed by atoms with Crippen LogP contribution in [0.25, 0.3) is 5.57 Å². The third kappa shape index (κ3) is 2.61. The third-order valence-corrected chi connectivity index (χ3v) is 6.94. The van der Waals surface area contributed by atoms with E-state index in [0.717, 1.165) is 17.8 Å². The fraction of sp³-hybridized carbons (Fsp3) is 0.417. The lowest BCUT2D eigenvalue weighted by Crippen LogP contribution is -2.48. The molecule has 0 saturated heterocycles. The van der Waals surface area contributed by atoms with Crippen molar-refractivity contribution in [2.75, 3.05) is 0 Å². The van der Waals surface area contributed by atoms with Gasteiger partial charge in [0.25, 0.3) is 0 Å². The smallest absolute Gasteiger partial charge is 0.119 e. The van der Waals surface area contributed by atoms with E-state index in [2.05, 4.69) is 48.6 Å². The Bertz CT molecular complexity index is 770. The second-order valence-corrected chi connectivity index (χ2v) is 8.68. The molecule has 4 saturated carbocycles. The molecular weight excluding hydrogens is 304 g/mol. The molecule has 0 aromatic heterocycles. The number of rotatable bonds is 2. The van der Waals surface area contributed by atoms with Gasteiger partial charge in [-0.1, -0.05) is 48.6 Å². The molecule has 25 heavy (non-hydrogen) atoms. The molecule has 4 bridgehead atoms. The summed E-state index contributed by atoms with van der Waals surface area (Å²) in [5, 5.41) is 10.7. The summed E-state index contributed by atoms with van der Waals surface area (Å²) in [6, 6.07) is 6.28. The van der Waals surface area contributed by atoms with Gasteiger partial charge in [-0.05, 0) is 85.0 Å². The molecule has 0 unspecified atom stereocenters. The minimum Gasteiger partial charge on any atom is -0.508 e. The van der Waals surface area contributed by atoms with Crippen LogP contribution < -0.4 is 0 Å². The Hall–Kier alpha value is -2.02. The Labute approximate surface area is 150 Å². The van der Waals surface area contributed by atoms with Crippen LogP contribution in [0.3, 0.4) is 0 Å².